The summed E-state index contributed by atoms with van der Waals surface area (Å²) in [5.74, 6) is 0.0526. The summed E-state index contributed by atoms with van der Waals surface area (Å²) in [6.07, 6.45) is 3.60. The van der Waals surface area contributed by atoms with E-state index in [1.807, 2.05) is 13.8 Å². The molecular formula is C8H16NO. The number of amides is 1. The summed E-state index contributed by atoms with van der Waals surface area (Å²) in [7, 11) is 0. The van der Waals surface area contributed by atoms with Crippen LogP contribution in [0.15, 0.2) is 0 Å². The SMILES string of the molecule is CCC[CH]C(=O)NC(C)C. The Kier molecular flexibility index (Phi) is 4.99. The molecule has 0 spiro atoms. The number of carbonyl (C=O) groups is 1. The standard InChI is InChI=1S/C8H16NO/c1-4-5-6-8(10)9-7(2)3/h6-7H,4-5H2,1-3H3,(H,9,10). The summed E-state index contributed by atoms with van der Waals surface area (Å²) >= 11 is 0. The van der Waals surface area contributed by atoms with E-state index in [0.717, 1.165) is 12.8 Å². The molecule has 2 heteroatoms. The van der Waals surface area contributed by atoms with Gasteiger partial charge in [-0.05, 0) is 20.3 Å². The van der Waals surface area contributed by atoms with E-state index in [2.05, 4.69) is 12.2 Å². The van der Waals surface area contributed by atoms with Gasteiger partial charge in [0.1, 0.15) is 0 Å². The van der Waals surface area contributed by atoms with E-state index >= 15 is 0 Å². The van der Waals surface area contributed by atoms with Crippen LogP contribution in [0.25, 0.3) is 0 Å². The lowest BCUT2D eigenvalue weighted by Crippen LogP contribution is -2.30. The number of unbranched alkanes of at least 4 members (excludes halogenated alkanes) is 1. The van der Waals surface area contributed by atoms with Crippen molar-refractivity contribution in [3.63, 3.8) is 0 Å². The number of carbonyl (C=O) groups excluding carboxylic acids is 1. The molecule has 10 heavy (non-hydrogen) atoms. The molecule has 0 aliphatic carbocycles. The van der Waals surface area contributed by atoms with Gasteiger partial charge < -0.3 is 5.32 Å². The quantitative estimate of drug-likeness (QED) is 0.633. The maximum absolute atomic E-state index is 10.8. The lowest BCUT2D eigenvalue weighted by molar-refractivity contribution is -0.118. The molecule has 0 rings (SSSR count). The van der Waals surface area contributed by atoms with E-state index in [1.54, 1.807) is 6.42 Å². The molecule has 0 aliphatic heterocycles. The van der Waals surface area contributed by atoms with Crippen molar-refractivity contribution in [1.29, 1.82) is 0 Å². The van der Waals surface area contributed by atoms with Crippen molar-refractivity contribution in [3.8, 4) is 0 Å². The molecule has 1 amide bonds. The maximum Gasteiger partial charge on any atom is 0.224 e. The number of hydrogen-bond donors (Lipinski definition) is 1. The molecule has 0 heterocycles. The van der Waals surface area contributed by atoms with Crippen molar-refractivity contribution in [2.75, 3.05) is 0 Å². The minimum atomic E-state index is 0.0526. The Bertz CT molecular complexity index is 99.4. The molecule has 0 aromatic carbocycles. The summed E-state index contributed by atoms with van der Waals surface area (Å²) < 4.78 is 0. The topological polar surface area (TPSA) is 29.1 Å². The molecule has 1 radical (unpaired) electrons. The second kappa shape index (κ2) is 5.27. The fourth-order valence-corrected chi connectivity index (χ4v) is 0.619. The van der Waals surface area contributed by atoms with E-state index in [-0.39, 0.29) is 11.9 Å². The lowest BCUT2D eigenvalue weighted by Gasteiger charge is -2.06. The van der Waals surface area contributed by atoms with Gasteiger partial charge in [-0.2, -0.15) is 0 Å². The molecule has 0 fully saturated rings. The van der Waals surface area contributed by atoms with Gasteiger partial charge in [-0.25, -0.2) is 0 Å². The second-order valence-corrected chi connectivity index (χ2v) is 2.66. The Hall–Kier alpha value is -0.530. The van der Waals surface area contributed by atoms with Gasteiger partial charge in [0.15, 0.2) is 0 Å². The van der Waals surface area contributed by atoms with Crippen LogP contribution < -0.4 is 5.32 Å². The van der Waals surface area contributed by atoms with Crippen LogP contribution in [0, 0.1) is 6.42 Å². The summed E-state index contributed by atoms with van der Waals surface area (Å²) in [5.41, 5.74) is 0. The van der Waals surface area contributed by atoms with Gasteiger partial charge >= 0.3 is 0 Å². The first-order valence-corrected chi connectivity index (χ1v) is 3.80. The predicted molar refractivity (Wildman–Crippen MR) is 42.5 cm³/mol. The number of rotatable bonds is 4. The Labute approximate surface area is 63.0 Å². The first-order chi connectivity index (χ1) is 4.66. The fourth-order valence-electron chi connectivity index (χ4n) is 0.619. The average Bonchev–Trinajstić information content (AvgIpc) is 1.82. The van der Waals surface area contributed by atoms with Crippen LogP contribution in [0.2, 0.25) is 0 Å². The van der Waals surface area contributed by atoms with Crippen LogP contribution >= 0.6 is 0 Å². The molecule has 0 bridgehead atoms. The minimum Gasteiger partial charge on any atom is -0.354 e. The van der Waals surface area contributed by atoms with Crippen molar-refractivity contribution in [1.82, 2.24) is 5.32 Å². The van der Waals surface area contributed by atoms with Crippen molar-refractivity contribution in [2.24, 2.45) is 0 Å². The van der Waals surface area contributed by atoms with Crippen molar-refractivity contribution in [2.45, 2.75) is 39.7 Å². The maximum atomic E-state index is 10.8. The highest BCUT2D eigenvalue weighted by Crippen LogP contribution is 1.92. The molecule has 0 unspecified atom stereocenters. The molecule has 2 nitrogen and oxygen atoms in total. The van der Waals surface area contributed by atoms with Crippen LogP contribution in [-0.2, 0) is 4.79 Å². The molecule has 0 saturated carbocycles. The van der Waals surface area contributed by atoms with Gasteiger partial charge in [-0.15, -0.1) is 0 Å². The van der Waals surface area contributed by atoms with Gasteiger partial charge in [-0.3, -0.25) is 4.79 Å². The van der Waals surface area contributed by atoms with Gasteiger partial charge in [0, 0.05) is 12.5 Å². The second-order valence-electron chi connectivity index (χ2n) is 2.66. The Morgan fingerprint density at radius 3 is 2.60 bits per heavy atom. The molecular weight excluding hydrogens is 126 g/mol. The molecule has 59 valence electrons. The normalized spacial score (nSPS) is 10.0. The van der Waals surface area contributed by atoms with Crippen molar-refractivity contribution < 1.29 is 4.79 Å². The molecule has 0 saturated heterocycles. The first kappa shape index (κ1) is 9.47. The van der Waals surface area contributed by atoms with E-state index in [0.29, 0.717) is 0 Å². The first-order valence-electron chi connectivity index (χ1n) is 3.80. The Balaban J connectivity index is 3.26. The van der Waals surface area contributed by atoms with E-state index in [1.165, 1.54) is 0 Å². The van der Waals surface area contributed by atoms with Crippen LogP contribution in [0.4, 0.5) is 0 Å². The average molecular weight is 142 g/mol. The molecule has 0 aromatic rings. The molecule has 0 atom stereocenters. The highest BCUT2D eigenvalue weighted by molar-refractivity contribution is 5.84. The molecule has 0 aliphatic rings. The minimum absolute atomic E-state index is 0.0526. The van der Waals surface area contributed by atoms with E-state index < -0.39 is 0 Å². The van der Waals surface area contributed by atoms with E-state index in [4.69, 9.17) is 0 Å². The monoisotopic (exact) mass is 142 g/mol. The van der Waals surface area contributed by atoms with Crippen LogP contribution in [0.3, 0.4) is 0 Å². The third-order valence-electron chi connectivity index (χ3n) is 1.05. The largest absolute Gasteiger partial charge is 0.354 e. The Morgan fingerprint density at radius 2 is 2.20 bits per heavy atom. The molecule has 1 N–H and O–H groups in total. The highest BCUT2D eigenvalue weighted by atomic mass is 16.1. The van der Waals surface area contributed by atoms with Gasteiger partial charge in [-0.1, -0.05) is 13.3 Å². The summed E-state index contributed by atoms with van der Waals surface area (Å²) in [6.45, 7) is 5.97. The molecule has 0 aromatic heterocycles. The van der Waals surface area contributed by atoms with E-state index in [9.17, 15) is 4.79 Å². The zero-order valence-electron chi connectivity index (χ0n) is 6.98. The van der Waals surface area contributed by atoms with Crippen LogP contribution in [0.1, 0.15) is 33.6 Å². The number of hydrogen-bond acceptors (Lipinski definition) is 1. The third kappa shape index (κ3) is 5.60. The van der Waals surface area contributed by atoms with Crippen molar-refractivity contribution >= 4 is 5.91 Å². The predicted octanol–water partition coefficient (Wildman–Crippen LogP) is 1.52. The van der Waals surface area contributed by atoms with Crippen molar-refractivity contribution in [3.05, 3.63) is 6.42 Å². The van der Waals surface area contributed by atoms with Gasteiger partial charge in [0.05, 0.1) is 0 Å². The lowest BCUT2D eigenvalue weighted by atomic mass is 10.2. The zero-order chi connectivity index (χ0) is 7.98. The van der Waals surface area contributed by atoms with Gasteiger partial charge in [0.25, 0.3) is 0 Å². The smallest absolute Gasteiger partial charge is 0.224 e. The van der Waals surface area contributed by atoms with Gasteiger partial charge in [0.2, 0.25) is 5.91 Å². The van der Waals surface area contributed by atoms with Crippen LogP contribution in [-0.4, -0.2) is 11.9 Å². The fraction of sp³-hybridized carbons (Fsp3) is 0.750. The van der Waals surface area contributed by atoms with Crippen LogP contribution in [0.5, 0.6) is 0 Å². The highest BCUT2D eigenvalue weighted by Gasteiger charge is 2.00. The number of nitrogens with one attached hydrogen (secondary N) is 1. The summed E-state index contributed by atoms with van der Waals surface area (Å²) in [5, 5.41) is 2.78. The third-order valence-corrected chi connectivity index (χ3v) is 1.05. The summed E-state index contributed by atoms with van der Waals surface area (Å²) in [4.78, 5) is 10.8. The summed E-state index contributed by atoms with van der Waals surface area (Å²) in [6, 6.07) is 0.251. The Morgan fingerprint density at radius 1 is 1.60 bits per heavy atom. The zero-order valence-corrected chi connectivity index (χ0v) is 6.98.